The van der Waals surface area contributed by atoms with Crippen LogP contribution in [0.25, 0.3) is 11.1 Å². The number of rotatable bonds is 5. The maximum absolute atomic E-state index is 11.0. The molecule has 1 aromatic heterocycles. The van der Waals surface area contributed by atoms with Crippen molar-refractivity contribution in [3.8, 4) is 0 Å². The van der Waals surface area contributed by atoms with Gasteiger partial charge < -0.3 is 14.8 Å². The lowest BCUT2D eigenvalue weighted by molar-refractivity contribution is -0.141. The summed E-state index contributed by atoms with van der Waals surface area (Å²) >= 11 is 0. The number of H-pyrrole nitrogens is 1. The Balaban J connectivity index is 1.99. The van der Waals surface area contributed by atoms with Gasteiger partial charge in [-0.05, 0) is 24.6 Å². The fraction of sp³-hybridized carbons (Fsp3) is 0.333. The van der Waals surface area contributed by atoms with Crippen LogP contribution in [0.1, 0.15) is 13.3 Å². The maximum Gasteiger partial charge on any atom is 0.417 e. The van der Waals surface area contributed by atoms with Crippen LogP contribution < -0.4 is 11.1 Å². The Kier molecular flexibility index (Phi) is 3.36. The van der Waals surface area contributed by atoms with Gasteiger partial charge in [-0.2, -0.15) is 0 Å². The third kappa shape index (κ3) is 2.71. The molecule has 0 fully saturated rings. The van der Waals surface area contributed by atoms with Gasteiger partial charge in [0.2, 0.25) is 0 Å². The largest absolute Gasteiger partial charge is 0.481 e. The molecule has 3 N–H and O–H groups in total. The molecule has 1 atom stereocenters. The third-order valence-electron chi connectivity index (χ3n) is 2.75. The average Bonchev–Trinajstić information content (AvgIpc) is 2.68. The first-order valence-electron chi connectivity index (χ1n) is 5.66. The van der Waals surface area contributed by atoms with Crippen molar-refractivity contribution in [1.82, 2.24) is 4.98 Å². The van der Waals surface area contributed by atoms with Gasteiger partial charge in [-0.1, -0.05) is 6.92 Å². The van der Waals surface area contributed by atoms with Gasteiger partial charge in [0.25, 0.3) is 0 Å². The number of oxazole rings is 1. The molecule has 0 bridgehead atoms. The van der Waals surface area contributed by atoms with E-state index in [-0.39, 0.29) is 5.92 Å². The highest BCUT2D eigenvalue weighted by Crippen LogP contribution is 2.16. The lowest BCUT2D eigenvalue weighted by Crippen LogP contribution is -2.14. The SMILES string of the molecule is CC(CCNc1ccc2oc(=O)[nH]c2c1)C(=O)O. The maximum atomic E-state index is 11.0. The van der Waals surface area contributed by atoms with Crippen LogP contribution >= 0.6 is 0 Å². The standard InChI is InChI=1S/C12H14N2O4/c1-7(11(15)16)4-5-13-8-2-3-10-9(6-8)14-12(17)18-10/h2-3,6-7,13H,4-5H2,1H3,(H,14,17)(H,15,16). The minimum absolute atomic E-state index is 0.380. The molecule has 6 heteroatoms. The lowest BCUT2D eigenvalue weighted by Gasteiger charge is -2.08. The summed E-state index contributed by atoms with van der Waals surface area (Å²) in [5, 5.41) is 11.8. The number of carboxylic acid groups (broad SMARTS) is 1. The summed E-state index contributed by atoms with van der Waals surface area (Å²) in [6.07, 6.45) is 0.537. The molecule has 0 amide bonds. The van der Waals surface area contributed by atoms with E-state index in [1.807, 2.05) is 0 Å². The average molecular weight is 250 g/mol. The highest BCUT2D eigenvalue weighted by molar-refractivity contribution is 5.76. The van der Waals surface area contributed by atoms with Gasteiger partial charge in [-0.3, -0.25) is 9.78 Å². The number of carbonyl (C=O) groups is 1. The fourth-order valence-electron chi connectivity index (χ4n) is 1.62. The molecule has 96 valence electrons. The van der Waals surface area contributed by atoms with Crippen molar-refractivity contribution in [3.05, 3.63) is 28.7 Å². The van der Waals surface area contributed by atoms with Crippen molar-refractivity contribution in [1.29, 1.82) is 0 Å². The van der Waals surface area contributed by atoms with Crippen LogP contribution in [0.15, 0.2) is 27.4 Å². The van der Waals surface area contributed by atoms with Gasteiger partial charge in [0.05, 0.1) is 11.4 Å². The number of fused-ring (bicyclic) bond motifs is 1. The smallest absolute Gasteiger partial charge is 0.417 e. The number of hydrogen-bond donors (Lipinski definition) is 3. The van der Waals surface area contributed by atoms with E-state index >= 15 is 0 Å². The number of carboxylic acids is 1. The van der Waals surface area contributed by atoms with E-state index in [0.29, 0.717) is 24.1 Å². The number of benzene rings is 1. The van der Waals surface area contributed by atoms with Crippen LogP contribution in [-0.2, 0) is 4.79 Å². The number of anilines is 1. The minimum atomic E-state index is -0.800. The van der Waals surface area contributed by atoms with Gasteiger partial charge in [0.1, 0.15) is 0 Å². The summed E-state index contributed by atoms with van der Waals surface area (Å²) < 4.78 is 4.88. The Morgan fingerprint density at radius 3 is 3.06 bits per heavy atom. The van der Waals surface area contributed by atoms with Crippen LogP contribution in [0.5, 0.6) is 0 Å². The molecule has 0 aliphatic heterocycles. The second-order valence-corrected chi connectivity index (χ2v) is 4.18. The third-order valence-corrected chi connectivity index (χ3v) is 2.75. The number of hydrogen-bond acceptors (Lipinski definition) is 4. The zero-order valence-electron chi connectivity index (χ0n) is 9.90. The van der Waals surface area contributed by atoms with Crippen molar-refractivity contribution in [3.63, 3.8) is 0 Å². The molecule has 0 spiro atoms. The van der Waals surface area contributed by atoms with Crippen molar-refractivity contribution in [2.45, 2.75) is 13.3 Å². The van der Waals surface area contributed by atoms with E-state index in [2.05, 4.69) is 10.3 Å². The molecule has 0 radical (unpaired) electrons. The molecular weight excluding hydrogens is 236 g/mol. The van der Waals surface area contributed by atoms with Crippen molar-refractivity contribution in [2.75, 3.05) is 11.9 Å². The van der Waals surface area contributed by atoms with E-state index in [0.717, 1.165) is 5.69 Å². The zero-order chi connectivity index (χ0) is 13.1. The second-order valence-electron chi connectivity index (χ2n) is 4.18. The van der Waals surface area contributed by atoms with Gasteiger partial charge in [0, 0.05) is 12.2 Å². The zero-order valence-corrected chi connectivity index (χ0v) is 9.90. The predicted octanol–water partition coefficient (Wildman–Crippen LogP) is 1.64. The topological polar surface area (TPSA) is 95.3 Å². The lowest BCUT2D eigenvalue weighted by atomic mass is 10.1. The molecule has 0 aliphatic rings. The number of aromatic amines is 1. The first kappa shape index (κ1) is 12.2. The first-order chi connectivity index (χ1) is 8.56. The molecular formula is C12H14N2O4. The molecule has 1 unspecified atom stereocenters. The van der Waals surface area contributed by atoms with E-state index < -0.39 is 11.7 Å². The van der Waals surface area contributed by atoms with E-state index in [1.54, 1.807) is 25.1 Å². The molecule has 0 saturated carbocycles. The molecule has 2 aromatic rings. The molecule has 0 saturated heterocycles. The van der Waals surface area contributed by atoms with Crippen molar-refractivity contribution in [2.24, 2.45) is 5.92 Å². The van der Waals surface area contributed by atoms with Crippen LogP contribution in [0.2, 0.25) is 0 Å². The Hall–Kier alpha value is -2.24. The Bertz CT molecular complexity index is 614. The highest BCUT2D eigenvalue weighted by Gasteiger charge is 2.09. The number of aliphatic carboxylic acids is 1. The summed E-state index contributed by atoms with van der Waals surface area (Å²) in [7, 11) is 0. The van der Waals surface area contributed by atoms with Crippen molar-refractivity contribution >= 4 is 22.8 Å². The Labute approximate surface area is 103 Å². The molecule has 6 nitrogen and oxygen atoms in total. The first-order valence-corrected chi connectivity index (χ1v) is 5.66. The number of aromatic nitrogens is 1. The molecule has 2 rings (SSSR count). The van der Waals surface area contributed by atoms with Gasteiger partial charge in [0.15, 0.2) is 5.58 Å². The van der Waals surface area contributed by atoms with Crippen LogP contribution in [0.3, 0.4) is 0 Å². The normalized spacial score (nSPS) is 12.5. The molecule has 18 heavy (non-hydrogen) atoms. The predicted molar refractivity (Wildman–Crippen MR) is 66.7 cm³/mol. The second kappa shape index (κ2) is 4.95. The van der Waals surface area contributed by atoms with Gasteiger partial charge in [-0.25, -0.2) is 4.79 Å². The summed E-state index contributed by atoms with van der Waals surface area (Å²) in [5.74, 6) is -1.66. The highest BCUT2D eigenvalue weighted by atomic mass is 16.4. The fourth-order valence-corrected chi connectivity index (χ4v) is 1.62. The molecule has 1 aromatic carbocycles. The van der Waals surface area contributed by atoms with Gasteiger partial charge in [-0.15, -0.1) is 0 Å². The van der Waals surface area contributed by atoms with Crippen molar-refractivity contribution < 1.29 is 14.3 Å². The molecule has 0 aliphatic carbocycles. The van der Waals surface area contributed by atoms with Crippen LogP contribution in [-0.4, -0.2) is 22.6 Å². The number of nitrogens with one attached hydrogen (secondary N) is 2. The quantitative estimate of drug-likeness (QED) is 0.749. The van der Waals surface area contributed by atoms with E-state index in [4.69, 9.17) is 9.52 Å². The Morgan fingerprint density at radius 2 is 2.33 bits per heavy atom. The summed E-state index contributed by atoms with van der Waals surface area (Å²) in [4.78, 5) is 24.2. The summed E-state index contributed by atoms with van der Waals surface area (Å²) in [6.45, 7) is 2.22. The molecule has 1 heterocycles. The summed E-state index contributed by atoms with van der Waals surface area (Å²) in [5.41, 5.74) is 1.94. The van der Waals surface area contributed by atoms with E-state index in [1.165, 1.54) is 0 Å². The van der Waals surface area contributed by atoms with Crippen LogP contribution in [0, 0.1) is 5.92 Å². The Morgan fingerprint density at radius 1 is 1.56 bits per heavy atom. The van der Waals surface area contributed by atoms with Crippen LogP contribution in [0.4, 0.5) is 5.69 Å². The minimum Gasteiger partial charge on any atom is -0.481 e. The van der Waals surface area contributed by atoms with E-state index in [9.17, 15) is 9.59 Å². The summed E-state index contributed by atoms with van der Waals surface area (Å²) in [6, 6.07) is 5.23. The van der Waals surface area contributed by atoms with Gasteiger partial charge >= 0.3 is 11.7 Å². The monoisotopic (exact) mass is 250 g/mol.